The second-order valence-electron chi connectivity index (χ2n) is 24.8. The number of amides is 4. The second kappa shape index (κ2) is 42.3. The Morgan fingerprint density at radius 3 is 0.982 bits per heavy atom. The molecule has 0 radical (unpaired) electrons. The number of esters is 2. The molecule has 0 saturated carbocycles. The number of anilines is 6. The van der Waals surface area contributed by atoms with Crippen LogP contribution in [-0.4, -0.2) is 125 Å². The van der Waals surface area contributed by atoms with Crippen LogP contribution >= 0.6 is 68.0 Å². The number of aldehydes is 1. The Morgan fingerprint density at radius 2 is 0.721 bits per heavy atom. The lowest BCUT2D eigenvalue weighted by molar-refractivity contribution is -0.138. The molecule has 0 atom stereocenters. The van der Waals surface area contributed by atoms with Crippen LogP contribution in [0.15, 0.2) is 141 Å². The zero-order valence-electron chi connectivity index (χ0n) is 62.9. The molecule has 10 aromatic heterocycles. The monoisotopic (exact) mass is 1620 g/mol. The number of para-hydroxylation sites is 4. The van der Waals surface area contributed by atoms with E-state index in [4.69, 9.17) is 35.5 Å². The Kier molecular flexibility index (Phi) is 32.9. The van der Waals surface area contributed by atoms with Crippen LogP contribution in [0.5, 0.6) is 0 Å². The van der Waals surface area contributed by atoms with Gasteiger partial charge >= 0.3 is 30.1 Å². The first-order valence-electron chi connectivity index (χ1n) is 34.5. The Labute approximate surface area is 663 Å². The minimum absolute atomic E-state index is 0.302. The van der Waals surface area contributed by atoms with Gasteiger partial charge in [-0.25, -0.2) is 53.9 Å². The number of thiazole rings is 6. The van der Waals surface area contributed by atoms with E-state index < -0.39 is 29.4 Å². The number of benzene rings is 2. The highest BCUT2D eigenvalue weighted by Crippen LogP contribution is 2.27. The van der Waals surface area contributed by atoms with Crippen LogP contribution in [-0.2, 0) is 68.6 Å². The van der Waals surface area contributed by atoms with Crippen molar-refractivity contribution in [3.05, 3.63) is 193 Å². The highest BCUT2D eigenvalue weighted by atomic mass is 32.1. The number of hydrogen-bond acceptors (Lipinski definition) is 26. The molecule has 12 rings (SSSR count). The third kappa shape index (κ3) is 29.6. The maximum Gasteiger partial charge on any atom is 0.412 e. The number of carboxylic acid groups (broad SMARTS) is 1. The molecule has 4 amide bonds. The molecule has 0 aliphatic heterocycles. The van der Waals surface area contributed by atoms with Crippen LogP contribution in [0.3, 0.4) is 0 Å². The first-order valence-corrected chi connectivity index (χ1v) is 39.4. The molecule has 12 aromatic rings. The number of nitrogens with two attached hydrogens (primary N) is 2. The quantitative estimate of drug-likeness (QED) is 0.0152. The molecule has 9 N–H and O–H groups in total. The number of carboxylic acids is 1. The fourth-order valence-corrected chi connectivity index (χ4v) is 13.5. The van der Waals surface area contributed by atoms with E-state index in [1.165, 1.54) is 87.2 Å². The molecular formula is C76H86N16O13S6. The summed E-state index contributed by atoms with van der Waals surface area (Å²) in [4.78, 5) is 125. The molecule has 10 heterocycles. The summed E-state index contributed by atoms with van der Waals surface area (Å²) >= 11 is 8.55. The fraction of sp³-hybridized carbons (Fsp3) is 0.263. The number of imidazole rings is 4. The number of nitrogens with one attached hydrogen (secondary N) is 4. The van der Waals surface area contributed by atoms with Crippen LogP contribution in [0.25, 0.3) is 50.2 Å². The van der Waals surface area contributed by atoms with Crippen LogP contribution in [0.1, 0.15) is 140 Å². The van der Waals surface area contributed by atoms with Crippen LogP contribution in [0.4, 0.5) is 42.6 Å². The van der Waals surface area contributed by atoms with Gasteiger partial charge in [0, 0.05) is 111 Å². The van der Waals surface area contributed by atoms with E-state index in [1.807, 2.05) is 67.2 Å². The number of aliphatic carboxylic acids is 1. The van der Waals surface area contributed by atoms with Crippen molar-refractivity contribution in [1.29, 1.82) is 0 Å². The molecule has 2 aromatic carbocycles. The topological polar surface area (TPSA) is 389 Å². The number of fused-ring (bicyclic) bond motifs is 4. The first kappa shape index (κ1) is 86.5. The van der Waals surface area contributed by atoms with E-state index in [0.29, 0.717) is 51.1 Å². The number of ether oxygens (including phenoxy) is 4. The number of carbonyl (C=O) groups excluding carboxylic acids is 7. The van der Waals surface area contributed by atoms with Crippen molar-refractivity contribution >= 4 is 199 Å². The van der Waals surface area contributed by atoms with Gasteiger partial charge in [0.1, 0.15) is 11.2 Å². The van der Waals surface area contributed by atoms with Crippen LogP contribution in [0, 0.1) is 0 Å². The predicted molar refractivity (Wildman–Crippen MR) is 444 cm³/mol. The minimum atomic E-state index is -0.935. The molecule has 35 heteroatoms. The molecule has 29 nitrogen and oxygen atoms in total. The van der Waals surface area contributed by atoms with Gasteiger partial charge in [-0.15, -0.1) is 0 Å². The summed E-state index contributed by atoms with van der Waals surface area (Å²) in [5.74, 6) is -2.20. The Balaban J connectivity index is 0.000000194. The van der Waals surface area contributed by atoms with Crippen molar-refractivity contribution in [3.63, 3.8) is 0 Å². The SMILES string of the molecule is CCOC(=O)/C=C/c1cn2cc(CC)nc2s1.CCOC(=O)/C=C/c1cnc(N)s1.CCc1cn2cc(/C=C/C(=O)Nc3ccccc3NC(=O)OC(C)(C)C)sc2n1.CCc1cn2cc(/C=C/C(=O)Nc3ccccc3NC(=O)OC(C)(C)C)sc2n1.CCc1cn2cc(/C=C/C(=O)O)sc2n1.Nc1ncc(C=O)s1. The van der Waals surface area contributed by atoms with Gasteiger partial charge in [-0.3, -0.25) is 42.6 Å². The molecule has 0 unspecified atom stereocenters. The number of hydrogen-bond donors (Lipinski definition) is 7. The fourth-order valence-electron chi connectivity index (χ4n) is 8.90. The third-order valence-electron chi connectivity index (χ3n) is 13.7. The van der Waals surface area contributed by atoms with E-state index in [-0.39, 0.29) is 23.8 Å². The molecule has 0 spiro atoms. The van der Waals surface area contributed by atoms with Gasteiger partial charge in [-0.05, 0) is 136 Å². The van der Waals surface area contributed by atoms with E-state index in [1.54, 1.807) is 152 Å². The maximum absolute atomic E-state index is 12.3. The molecule has 0 aliphatic carbocycles. The maximum atomic E-state index is 12.3. The molecular weight excluding hydrogens is 1540 g/mol. The normalized spacial score (nSPS) is 11.3. The first-order chi connectivity index (χ1) is 52.9. The highest BCUT2D eigenvalue weighted by molar-refractivity contribution is 7.19. The van der Waals surface area contributed by atoms with Crippen molar-refractivity contribution in [2.24, 2.45) is 0 Å². The molecule has 0 bridgehead atoms. The van der Waals surface area contributed by atoms with Crippen molar-refractivity contribution in [1.82, 2.24) is 47.5 Å². The number of aryl methyl sites for hydroxylation is 4. The van der Waals surface area contributed by atoms with Gasteiger partial charge in [-0.2, -0.15) is 0 Å². The predicted octanol–water partition coefficient (Wildman–Crippen LogP) is 16.3. The zero-order valence-corrected chi connectivity index (χ0v) is 67.8. The summed E-state index contributed by atoms with van der Waals surface area (Å²) in [7, 11) is 0. The van der Waals surface area contributed by atoms with E-state index in [0.717, 1.165) is 105 Å². The van der Waals surface area contributed by atoms with Crippen molar-refractivity contribution in [2.75, 3.05) is 45.9 Å². The smallest absolute Gasteiger partial charge is 0.412 e. The van der Waals surface area contributed by atoms with E-state index >= 15 is 0 Å². The number of rotatable bonds is 21. The molecule has 0 fully saturated rings. The lowest BCUT2D eigenvalue weighted by Gasteiger charge is -2.20. The van der Waals surface area contributed by atoms with Crippen molar-refractivity contribution < 1.29 is 62.4 Å². The second-order valence-corrected chi connectivity index (χ2v) is 31.1. The third-order valence-corrected chi connectivity index (χ3v) is 19.1. The Morgan fingerprint density at radius 1 is 0.423 bits per heavy atom. The number of carbonyl (C=O) groups is 8. The van der Waals surface area contributed by atoms with Crippen molar-refractivity contribution in [3.8, 4) is 0 Å². The number of nitrogen functional groups attached to an aromatic ring is 2. The summed E-state index contributed by atoms with van der Waals surface area (Å²) in [6.07, 6.45) is 37.2. The average molecular weight is 1620 g/mol. The Hall–Kier alpha value is -11.8. The average Bonchev–Trinajstić information content (AvgIpc) is 1.60. The minimum Gasteiger partial charge on any atom is -0.478 e. The largest absolute Gasteiger partial charge is 0.478 e. The molecule has 0 aliphatic rings. The number of nitrogens with zero attached hydrogens (tertiary/aromatic N) is 10. The summed E-state index contributed by atoms with van der Waals surface area (Å²) in [5, 5.41) is 20.3. The van der Waals surface area contributed by atoms with Gasteiger partial charge in [0.2, 0.25) is 11.8 Å². The van der Waals surface area contributed by atoms with Crippen LogP contribution < -0.4 is 32.7 Å². The standard InChI is InChI=1S/2C21H24N4O3S.C12H14N2O2S.C10H10N2O2S.C8H10N2O2S.C4H4N2OS/c2*1-5-14-12-25-13-15(29-19(25)22-14)10-11-18(26)23-16-8-6-7-9-17(16)24-20(27)28-21(2,3)4;1-3-9-7-14-8-10(17-12(14)13-9)5-6-11(15)16-4-2;1-2-7-5-12-6-8(3-4-9(13)14)15-10(12)11-7;1-2-12-7(11)4-3-6-5-10-8(9)13-6;5-4-6-1-3(2-7)8-4/h2*6-13H,5H2,1-4H3,(H,23,26)(H,24,27);5-8H,3-4H2,1-2H3;3-6H,2H2,1H3,(H,13,14);3-5H,2H2,1H3,(H2,9,10);1-2H,(H2,5,6)/b2*11-10+;6-5+;2*4-3+;. The molecule has 584 valence electrons. The molecule has 0 saturated heterocycles. The van der Waals surface area contributed by atoms with Gasteiger partial charge in [-0.1, -0.05) is 120 Å². The zero-order chi connectivity index (χ0) is 80.8. The Bertz CT molecular complexity index is 4990. The summed E-state index contributed by atoms with van der Waals surface area (Å²) in [6.45, 7) is 23.3. The summed E-state index contributed by atoms with van der Waals surface area (Å²) in [5.41, 5.74) is 15.5. The van der Waals surface area contributed by atoms with Crippen LogP contribution in [0.2, 0.25) is 0 Å². The lowest BCUT2D eigenvalue weighted by atomic mass is 10.2. The van der Waals surface area contributed by atoms with Gasteiger partial charge in [0.15, 0.2) is 36.4 Å². The summed E-state index contributed by atoms with van der Waals surface area (Å²) in [6, 6.07) is 13.9. The van der Waals surface area contributed by atoms with Crippen molar-refractivity contribution in [2.45, 2.75) is 120 Å². The molecule has 111 heavy (non-hydrogen) atoms. The van der Waals surface area contributed by atoms with E-state index in [2.05, 4.69) is 78.9 Å². The van der Waals surface area contributed by atoms with Gasteiger partial charge in [0.25, 0.3) is 0 Å². The summed E-state index contributed by atoms with van der Waals surface area (Å²) < 4.78 is 27.9. The van der Waals surface area contributed by atoms with E-state index in [9.17, 15) is 38.4 Å². The highest BCUT2D eigenvalue weighted by Gasteiger charge is 2.20. The lowest BCUT2D eigenvalue weighted by Crippen LogP contribution is -2.27. The van der Waals surface area contributed by atoms with Gasteiger partial charge in [0.05, 0.1) is 69.8 Å². The van der Waals surface area contributed by atoms with Gasteiger partial charge < -0.3 is 46.2 Å². The number of aromatic nitrogens is 10.